The van der Waals surface area contributed by atoms with Gasteiger partial charge in [-0.05, 0) is 131 Å². The second-order valence-corrected chi connectivity index (χ2v) is 11.9. The highest BCUT2D eigenvalue weighted by atomic mass is 79.9. The number of anilines is 6. The molecule has 3 heteroatoms. The third-order valence-corrected chi connectivity index (χ3v) is 7.99. The number of nitrogens with zero attached hydrogens (tertiary/aromatic N) is 2. The third-order valence-electron chi connectivity index (χ3n) is 7.46. The summed E-state index contributed by atoms with van der Waals surface area (Å²) in [4.78, 5) is 4.76. The lowest BCUT2D eigenvalue weighted by molar-refractivity contribution is 1.19. The molecule has 44 heavy (non-hydrogen) atoms. The van der Waals surface area contributed by atoms with Gasteiger partial charge in [0.2, 0.25) is 0 Å². The fourth-order valence-electron chi connectivity index (χ4n) is 5.90. The van der Waals surface area contributed by atoms with Crippen molar-refractivity contribution in [3.63, 3.8) is 0 Å². The lowest BCUT2D eigenvalue weighted by Gasteiger charge is -2.31. The zero-order chi connectivity index (χ0) is 32.6. The Kier molecular flexibility index (Phi) is 12.4. The average Bonchev–Trinajstić information content (AvgIpc) is 3.00. The molecule has 5 aromatic rings. The summed E-state index contributed by atoms with van der Waals surface area (Å²) in [6, 6.07) is 35.5. The molecular formula is C41H49BrN2. The summed E-state index contributed by atoms with van der Waals surface area (Å²) in [5.41, 5.74) is 15.9. The zero-order valence-corrected chi connectivity index (χ0v) is 30.1. The van der Waals surface area contributed by atoms with E-state index in [2.05, 4.69) is 171 Å². The lowest BCUT2D eigenvalue weighted by atomic mass is 10.0. The number of rotatable bonds is 6. The van der Waals surface area contributed by atoms with E-state index in [1.807, 2.05) is 27.7 Å². The monoisotopic (exact) mass is 648 g/mol. The van der Waals surface area contributed by atoms with E-state index in [-0.39, 0.29) is 0 Å². The predicted octanol–water partition coefficient (Wildman–Crippen LogP) is 13.6. The van der Waals surface area contributed by atoms with Gasteiger partial charge in [0.05, 0.1) is 11.4 Å². The van der Waals surface area contributed by atoms with Crippen LogP contribution in [0.1, 0.15) is 66.6 Å². The fraction of sp³-hybridized carbons (Fsp3) is 0.268. The van der Waals surface area contributed by atoms with Crippen molar-refractivity contribution in [1.29, 1.82) is 0 Å². The molecule has 0 spiro atoms. The molecular weight excluding hydrogens is 600 g/mol. The lowest BCUT2D eigenvalue weighted by Crippen LogP contribution is -2.15. The van der Waals surface area contributed by atoms with Gasteiger partial charge in [0.1, 0.15) is 0 Å². The van der Waals surface area contributed by atoms with E-state index < -0.39 is 0 Å². The first-order valence-electron chi connectivity index (χ1n) is 15.8. The number of aryl methyl sites for hydroxylation is 7. The molecule has 0 aliphatic carbocycles. The van der Waals surface area contributed by atoms with Crippen molar-refractivity contribution >= 4 is 50.1 Å². The van der Waals surface area contributed by atoms with Gasteiger partial charge < -0.3 is 9.80 Å². The molecule has 0 aromatic heterocycles. The van der Waals surface area contributed by atoms with Crippen LogP contribution >= 0.6 is 15.9 Å². The van der Waals surface area contributed by atoms with Crippen LogP contribution in [-0.2, 0) is 0 Å². The van der Waals surface area contributed by atoms with Gasteiger partial charge in [0.15, 0.2) is 0 Å². The van der Waals surface area contributed by atoms with Crippen LogP contribution in [0.5, 0.6) is 0 Å². The van der Waals surface area contributed by atoms with E-state index >= 15 is 0 Å². The summed E-state index contributed by atoms with van der Waals surface area (Å²) in [7, 11) is 0. The van der Waals surface area contributed by atoms with Crippen molar-refractivity contribution in [1.82, 2.24) is 0 Å². The SMILES string of the molecule is CC.CC.Cc1ccc(N(c2ccc(N(c3ccc(Br)cc3)c3c(C)cc(C)cc3C)cc2)c2c(C)cc(C)cc2C)cc1. The first-order chi connectivity index (χ1) is 21.1. The van der Waals surface area contributed by atoms with Crippen LogP contribution in [0, 0.1) is 48.5 Å². The molecule has 5 aromatic carbocycles. The summed E-state index contributed by atoms with van der Waals surface area (Å²) in [5, 5.41) is 0. The van der Waals surface area contributed by atoms with Gasteiger partial charge in [-0.15, -0.1) is 0 Å². The van der Waals surface area contributed by atoms with Crippen LogP contribution in [0.3, 0.4) is 0 Å². The molecule has 0 saturated carbocycles. The molecule has 0 radical (unpaired) electrons. The molecule has 5 rings (SSSR count). The zero-order valence-electron chi connectivity index (χ0n) is 28.5. The van der Waals surface area contributed by atoms with Crippen molar-refractivity contribution in [2.24, 2.45) is 0 Å². The number of benzene rings is 5. The van der Waals surface area contributed by atoms with Gasteiger partial charge >= 0.3 is 0 Å². The first-order valence-corrected chi connectivity index (χ1v) is 16.6. The smallest absolute Gasteiger partial charge is 0.0520 e. The first kappa shape index (κ1) is 34.7. The normalized spacial score (nSPS) is 10.3. The molecule has 0 fully saturated rings. The Balaban J connectivity index is 0.00000127. The van der Waals surface area contributed by atoms with E-state index in [0.717, 1.165) is 27.2 Å². The van der Waals surface area contributed by atoms with Gasteiger partial charge in [-0.2, -0.15) is 0 Å². The van der Waals surface area contributed by atoms with E-state index in [1.165, 1.54) is 50.3 Å². The van der Waals surface area contributed by atoms with Crippen LogP contribution < -0.4 is 9.80 Å². The quantitative estimate of drug-likeness (QED) is 0.181. The van der Waals surface area contributed by atoms with Gasteiger partial charge in [-0.25, -0.2) is 0 Å². The van der Waals surface area contributed by atoms with Gasteiger partial charge in [-0.3, -0.25) is 0 Å². The number of halogens is 1. The Morgan fingerprint density at radius 3 is 0.909 bits per heavy atom. The van der Waals surface area contributed by atoms with Crippen molar-refractivity contribution < 1.29 is 0 Å². The summed E-state index contributed by atoms with van der Waals surface area (Å²) in [6.07, 6.45) is 0. The van der Waals surface area contributed by atoms with Gasteiger partial charge in [0, 0.05) is 27.2 Å². The number of hydrogen-bond acceptors (Lipinski definition) is 2. The summed E-state index contributed by atoms with van der Waals surface area (Å²) >= 11 is 3.61. The minimum atomic E-state index is 1.07. The minimum Gasteiger partial charge on any atom is -0.310 e. The Morgan fingerprint density at radius 1 is 0.364 bits per heavy atom. The van der Waals surface area contributed by atoms with E-state index in [0.29, 0.717) is 0 Å². The standard InChI is InChI=1S/C37H37BrN2.2C2H6/c1-24-8-12-32(13-9-24)39(36-27(4)20-25(2)21-28(36)5)34-16-18-35(19-17-34)40(33-14-10-31(38)11-15-33)37-29(6)22-26(3)23-30(37)7;2*1-2/h8-23H,1-7H3;2*1-2H3. The molecule has 0 amide bonds. The van der Waals surface area contributed by atoms with Crippen molar-refractivity contribution in [3.05, 3.63) is 140 Å². The minimum absolute atomic E-state index is 1.07. The topological polar surface area (TPSA) is 6.48 Å². The molecule has 0 aliphatic rings. The summed E-state index contributed by atoms with van der Waals surface area (Å²) in [5.74, 6) is 0. The molecule has 0 aliphatic heterocycles. The summed E-state index contributed by atoms with van der Waals surface area (Å²) < 4.78 is 1.07. The molecule has 0 N–H and O–H groups in total. The van der Waals surface area contributed by atoms with Crippen LogP contribution in [0.2, 0.25) is 0 Å². The van der Waals surface area contributed by atoms with E-state index in [1.54, 1.807) is 0 Å². The Morgan fingerprint density at radius 2 is 0.614 bits per heavy atom. The fourth-order valence-corrected chi connectivity index (χ4v) is 6.16. The van der Waals surface area contributed by atoms with Crippen LogP contribution in [0.4, 0.5) is 34.1 Å². The Hall–Kier alpha value is -3.82. The van der Waals surface area contributed by atoms with Crippen molar-refractivity contribution in [2.75, 3.05) is 9.80 Å². The maximum atomic E-state index is 3.61. The Bertz CT molecular complexity index is 1480. The number of hydrogen-bond donors (Lipinski definition) is 0. The summed E-state index contributed by atoms with van der Waals surface area (Å²) in [6.45, 7) is 23.3. The Labute approximate surface area is 275 Å². The molecule has 0 saturated heterocycles. The van der Waals surface area contributed by atoms with E-state index in [4.69, 9.17) is 0 Å². The molecule has 0 heterocycles. The molecule has 2 nitrogen and oxygen atoms in total. The predicted molar refractivity (Wildman–Crippen MR) is 199 cm³/mol. The molecule has 0 atom stereocenters. The molecule has 0 bridgehead atoms. The second-order valence-electron chi connectivity index (χ2n) is 11.0. The van der Waals surface area contributed by atoms with Gasteiger partial charge in [0.25, 0.3) is 0 Å². The van der Waals surface area contributed by atoms with Crippen LogP contribution in [0.25, 0.3) is 0 Å². The highest BCUT2D eigenvalue weighted by molar-refractivity contribution is 9.10. The maximum Gasteiger partial charge on any atom is 0.0520 e. The van der Waals surface area contributed by atoms with Crippen molar-refractivity contribution in [3.8, 4) is 0 Å². The average molecular weight is 650 g/mol. The largest absolute Gasteiger partial charge is 0.310 e. The van der Waals surface area contributed by atoms with Crippen LogP contribution in [-0.4, -0.2) is 0 Å². The van der Waals surface area contributed by atoms with Crippen molar-refractivity contribution in [2.45, 2.75) is 76.2 Å². The van der Waals surface area contributed by atoms with Crippen LogP contribution in [0.15, 0.2) is 102 Å². The molecule has 230 valence electrons. The maximum absolute atomic E-state index is 3.61. The van der Waals surface area contributed by atoms with Gasteiger partial charge in [-0.1, -0.05) is 96.7 Å². The van der Waals surface area contributed by atoms with E-state index in [9.17, 15) is 0 Å². The highest BCUT2D eigenvalue weighted by Crippen LogP contribution is 2.43. The molecule has 0 unspecified atom stereocenters. The third kappa shape index (κ3) is 7.81. The second kappa shape index (κ2) is 15.8. The highest BCUT2D eigenvalue weighted by Gasteiger charge is 2.20.